The molecule has 0 saturated carbocycles. The van der Waals surface area contributed by atoms with E-state index < -0.39 is 0 Å². The highest BCUT2D eigenvalue weighted by Crippen LogP contribution is 2.24. The fourth-order valence-electron chi connectivity index (χ4n) is 2.12. The molecule has 0 fully saturated rings. The fraction of sp³-hybridized carbons (Fsp3) is 0.250. The average molecular weight is 268 g/mol. The Hall–Kier alpha value is -2.54. The molecule has 102 valence electrons. The van der Waals surface area contributed by atoms with Gasteiger partial charge < -0.3 is 10.1 Å². The minimum atomic E-state index is 0.0296. The number of hydrogen-bond donors (Lipinski definition) is 1. The van der Waals surface area contributed by atoms with Crippen LogP contribution in [-0.4, -0.2) is 19.7 Å². The van der Waals surface area contributed by atoms with Crippen LogP contribution < -0.4 is 10.1 Å². The molecule has 1 amide bonds. The van der Waals surface area contributed by atoms with E-state index in [0.717, 1.165) is 16.3 Å². The standard InChI is InChI=1S/C16H16N2O2/c1-17-11-20-14-7-8-15-12(6-9-16(19)18-2)4-3-5-13(15)10-14/h3-5,7-8,10H,6,9,11H2,2H3,(H,18,19). The second-order valence-corrected chi connectivity index (χ2v) is 4.40. The van der Waals surface area contributed by atoms with Crippen molar-refractivity contribution in [2.45, 2.75) is 12.8 Å². The zero-order valence-corrected chi connectivity index (χ0v) is 11.3. The van der Waals surface area contributed by atoms with Crippen LogP contribution in [0.2, 0.25) is 0 Å². The Balaban J connectivity index is 2.24. The topological polar surface area (TPSA) is 42.7 Å². The van der Waals surface area contributed by atoms with Crippen molar-refractivity contribution in [3.05, 3.63) is 53.4 Å². The summed E-state index contributed by atoms with van der Waals surface area (Å²) in [6.07, 6.45) is 1.19. The first-order chi connectivity index (χ1) is 9.74. The first kappa shape index (κ1) is 13.9. The maximum Gasteiger partial charge on any atom is 0.357 e. The van der Waals surface area contributed by atoms with E-state index in [-0.39, 0.29) is 12.6 Å². The van der Waals surface area contributed by atoms with E-state index in [9.17, 15) is 4.79 Å². The highest BCUT2D eigenvalue weighted by molar-refractivity contribution is 5.87. The molecular formula is C16H16N2O2. The van der Waals surface area contributed by atoms with Crippen LogP contribution in [0.3, 0.4) is 0 Å². The van der Waals surface area contributed by atoms with Crippen molar-refractivity contribution in [2.24, 2.45) is 0 Å². The predicted molar refractivity (Wildman–Crippen MR) is 78.4 cm³/mol. The number of amides is 1. The van der Waals surface area contributed by atoms with Crippen molar-refractivity contribution in [3.8, 4) is 5.75 Å². The first-order valence-electron chi connectivity index (χ1n) is 6.43. The van der Waals surface area contributed by atoms with Crippen molar-refractivity contribution >= 4 is 16.7 Å². The van der Waals surface area contributed by atoms with E-state index in [4.69, 9.17) is 11.3 Å². The number of ether oxygens (including phenoxy) is 1. The van der Waals surface area contributed by atoms with E-state index in [1.807, 2.05) is 36.4 Å². The number of benzene rings is 2. The van der Waals surface area contributed by atoms with Gasteiger partial charge in [-0.15, -0.1) is 0 Å². The zero-order chi connectivity index (χ0) is 14.4. The molecule has 1 N–H and O–H groups in total. The molecule has 0 aromatic heterocycles. The van der Waals surface area contributed by atoms with E-state index in [1.165, 1.54) is 0 Å². The monoisotopic (exact) mass is 268 g/mol. The molecule has 0 bridgehead atoms. The minimum absolute atomic E-state index is 0.0296. The number of aryl methyl sites for hydroxylation is 1. The van der Waals surface area contributed by atoms with Crippen molar-refractivity contribution in [2.75, 3.05) is 13.8 Å². The van der Waals surface area contributed by atoms with Crippen LogP contribution in [-0.2, 0) is 11.2 Å². The van der Waals surface area contributed by atoms with Gasteiger partial charge >= 0.3 is 6.73 Å². The summed E-state index contributed by atoms with van der Waals surface area (Å²) in [5.74, 6) is 0.732. The molecular weight excluding hydrogens is 252 g/mol. The molecule has 0 spiro atoms. The van der Waals surface area contributed by atoms with Crippen molar-refractivity contribution in [1.29, 1.82) is 0 Å². The zero-order valence-electron chi connectivity index (χ0n) is 11.3. The van der Waals surface area contributed by atoms with Crippen LogP contribution in [0.15, 0.2) is 36.4 Å². The maximum atomic E-state index is 11.3. The summed E-state index contributed by atoms with van der Waals surface area (Å²) < 4.78 is 5.30. The largest absolute Gasteiger partial charge is 0.426 e. The van der Waals surface area contributed by atoms with Gasteiger partial charge in [-0.25, -0.2) is 6.57 Å². The van der Waals surface area contributed by atoms with E-state index in [0.29, 0.717) is 18.6 Å². The van der Waals surface area contributed by atoms with Gasteiger partial charge in [-0.3, -0.25) is 9.64 Å². The van der Waals surface area contributed by atoms with Gasteiger partial charge in [-0.05, 0) is 34.9 Å². The van der Waals surface area contributed by atoms with Crippen molar-refractivity contribution in [1.82, 2.24) is 5.32 Å². The van der Waals surface area contributed by atoms with Gasteiger partial charge in [0.25, 0.3) is 0 Å². The lowest BCUT2D eigenvalue weighted by atomic mass is 10.0. The Morgan fingerprint density at radius 1 is 1.35 bits per heavy atom. The van der Waals surface area contributed by atoms with Crippen LogP contribution in [0.25, 0.3) is 15.6 Å². The molecule has 20 heavy (non-hydrogen) atoms. The second kappa shape index (κ2) is 6.58. The molecule has 0 aliphatic rings. The summed E-state index contributed by atoms with van der Waals surface area (Å²) in [7, 11) is 1.65. The highest BCUT2D eigenvalue weighted by atomic mass is 16.5. The number of nitrogens with zero attached hydrogens (tertiary/aromatic N) is 1. The molecule has 0 atom stereocenters. The van der Waals surface area contributed by atoms with Crippen molar-refractivity contribution < 1.29 is 9.53 Å². The van der Waals surface area contributed by atoms with Crippen LogP contribution in [0.5, 0.6) is 5.75 Å². The van der Waals surface area contributed by atoms with Gasteiger partial charge in [0.1, 0.15) is 5.75 Å². The van der Waals surface area contributed by atoms with Crippen LogP contribution in [0, 0.1) is 6.57 Å². The van der Waals surface area contributed by atoms with E-state index in [2.05, 4.69) is 10.2 Å². The van der Waals surface area contributed by atoms with Crippen LogP contribution in [0.1, 0.15) is 12.0 Å². The van der Waals surface area contributed by atoms with E-state index >= 15 is 0 Å². The maximum absolute atomic E-state index is 11.3. The van der Waals surface area contributed by atoms with Crippen molar-refractivity contribution in [3.63, 3.8) is 0 Å². The molecule has 2 rings (SSSR count). The number of carbonyl (C=O) groups is 1. The number of fused-ring (bicyclic) bond motifs is 1. The molecule has 0 heterocycles. The Morgan fingerprint density at radius 3 is 2.95 bits per heavy atom. The molecule has 2 aromatic carbocycles. The minimum Gasteiger partial charge on any atom is -0.426 e. The molecule has 0 saturated heterocycles. The normalized spacial score (nSPS) is 10.0. The van der Waals surface area contributed by atoms with Gasteiger partial charge in [0.2, 0.25) is 5.91 Å². The SMILES string of the molecule is [C-]#[N+]COc1ccc2c(CCC(=O)NC)cccc2c1. The van der Waals surface area contributed by atoms with Gasteiger partial charge in [0.05, 0.1) is 0 Å². The van der Waals surface area contributed by atoms with E-state index in [1.54, 1.807) is 7.05 Å². The number of rotatable bonds is 5. The molecule has 0 unspecified atom stereocenters. The number of nitrogens with one attached hydrogen (secondary N) is 1. The predicted octanol–water partition coefficient (Wildman–Crippen LogP) is 2.77. The van der Waals surface area contributed by atoms with Gasteiger partial charge in [0.15, 0.2) is 0 Å². The first-order valence-corrected chi connectivity index (χ1v) is 6.43. The molecule has 2 aromatic rings. The van der Waals surface area contributed by atoms with Gasteiger partial charge in [0, 0.05) is 13.5 Å². The Morgan fingerprint density at radius 2 is 2.20 bits per heavy atom. The highest BCUT2D eigenvalue weighted by Gasteiger charge is 2.05. The quantitative estimate of drug-likeness (QED) is 0.847. The number of carbonyl (C=O) groups excluding carboxylic acids is 1. The summed E-state index contributed by atoms with van der Waals surface area (Å²) in [5.41, 5.74) is 1.14. The Labute approximate surface area is 118 Å². The lowest BCUT2D eigenvalue weighted by Crippen LogP contribution is -2.17. The summed E-state index contributed by atoms with van der Waals surface area (Å²) in [6, 6.07) is 11.8. The summed E-state index contributed by atoms with van der Waals surface area (Å²) in [4.78, 5) is 14.5. The third kappa shape index (κ3) is 3.27. The number of hydrogen-bond acceptors (Lipinski definition) is 2. The van der Waals surface area contributed by atoms with Gasteiger partial charge in [-0.1, -0.05) is 24.3 Å². The van der Waals surface area contributed by atoms with Crippen LogP contribution >= 0.6 is 0 Å². The Kier molecular flexibility index (Phi) is 4.56. The lowest BCUT2D eigenvalue weighted by Gasteiger charge is -2.08. The molecule has 0 aliphatic heterocycles. The summed E-state index contributed by atoms with van der Waals surface area (Å²) >= 11 is 0. The van der Waals surface area contributed by atoms with Gasteiger partial charge in [-0.2, -0.15) is 0 Å². The molecule has 0 radical (unpaired) electrons. The molecule has 0 aliphatic carbocycles. The van der Waals surface area contributed by atoms with Crippen LogP contribution in [0.4, 0.5) is 0 Å². The lowest BCUT2D eigenvalue weighted by molar-refractivity contribution is -0.120. The smallest absolute Gasteiger partial charge is 0.357 e. The Bertz CT molecular complexity index is 659. The third-order valence-corrected chi connectivity index (χ3v) is 3.14. The third-order valence-electron chi connectivity index (χ3n) is 3.14. The summed E-state index contributed by atoms with van der Waals surface area (Å²) in [5, 5.41) is 4.80. The summed E-state index contributed by atoms with van der Waals surface area (Å²) in [6.45, 7) is 6.75. The average Bonchev–Trinajstić information content (AvgIpc) is 2.50. The molecule has 4 nitrogen and oxygen atoms in total. The second-order valence-electron chi connectivity index (χ2n) is 4.40. The molecule has 4 heteroatoms. The fourth-order valence-corrected chi connectivity index (χ4v) is 2.12.